The summed E-state index contributed by atoms with van der Waals surface area (Å²) >= 11 is 0. The van der Waals surface area contributed by atoms with Crippen LogP contribution in [0.4, 0.5) is 0 Å². The lowest BCUT2D eigenvalue weighted by atomic mass is 10.0. The molecule has 184 valence electrons. The molecule has 0 N–H and O–H groups in total. The molecular weight excluding hydrogens is 436 g/mol. The first-order chi connectivity index (χ1) is 17.2. The van der Waals surface area contributed by atoms with Crippen molar-refractivity contribution < 1.29 is 19.1 Å². The Labute approximate surface area is 209 Å². The van der Waals surface area contributed by atoms with E-state index in [0.29, 0.717) is 6.61 Å². The molecule has 0 saturated heterocycles. The third kappa shape index (κ3) is 10.9. The maximum Gasteiger partial charge on any atom is 0.373 e. The molecule has 0 radical (unpaired) electrons. The average Bonchev–Trinajstić information content (AvgIpc) is 2.92. The summed E-state index contributed by atoms with van der Waals surface area (Å²) in [5, 5.41) is 0. The van der Waals surface area contributed by atoms with Crippen LogP contribution < -0.4 is 0 Å². The van der Waals surface area contributed by atoms with E-state index in [2.05, 4.69) is 6.92 Å². The molecule has 0 aromatic heterocycles. The minimum Gasteiger partial charge on any atom is -0.490 e. The summed E-state index contributed by atoms with van der Waals surface area (Å²) in [6.45, 7) is 2.66. The van der Waals surface area contributed by atoms with Crippen LogP contribution in [0, 0.1) is 0 Å². The standard InChI is InChI=1S/C18H26O3.C13H10O/c1-3-4-5-6-7-11-14-21-18(19)17(20-2)15-16-12-9-8-10-13-16;14-13(11-7-3-1-4-8-11)12-9-5-2-6-10-12/h8-10,12-13,15H,3-7,11,14H2,1-2H3;1-10H. The van der Waals surface area contributed by atoms with Crippen LogP contribution in [0.15, 0.2) is 96.8 Å². The van der Waals surface area contributed by atoms with Gasteiger partial charge in [-0.15, -0.1) is 0 Å². The Hall–Kier alpha value is -3.66. The third-order valence-corrected chi connectivity index (χ3v) is 5.32. The molecule has 3 aromatic rings. The number of ketones is 1. The second-order valence-corrected chi connectivity index (χ2v) is 8.09. The van der Waals surface area contributed by atoms with E-state index in [1.54, 1.807) is 6.08 Å². The van der Waals surface area contributed by atoms with Gasteiger partial charge in [-0.3, -0.25) is 4.79 Å². The SMILES string of the molecule is CCCCCCCCOC(=O)C(=Cc1ccccc1)OC.O=C(c1ccccc1)c1ccccc1. The van der Waals surface area contributed by atoms with Gasteiger partial charge in [0.25, 0.3) is 0 Å². The Morgan fingerprint density at radius 2 is 1.17 bits per heavy atom. The zero-order valence-electron chi connectivity index (χ0n) is 20.8. The van der Waals surface area contributed by atoms with Crippen molar-refractivity contribution in [1.29, 1.82) is 0 Å². The van der Waals surface area contributed by atoms with Gasteiger partial charge < -0.3 is 9.47 Å². The van der Waals surface area contributed by atoms with Crippen LogP contribution in [0.1, 0.15) is 66.9 Å². The summed E-state index contributed by atoms with van der Waals surface area (Å²) in [4.78, 5) is 23.7. The first-order valence-corrected chi connectivity index (χ1v) is 12.3. The Bertz CT molecular complexity index is 970. The summed E-state index contributed by atoms with van der Waals surface area (Å²) in [5.41, 5.74) is 2.39. The third-order valence-electron chi connectivity index (χ3n) is 5.32. The quantitative estimate of drug-likeness (QED) is 0.0900. The highest BCUT2D eigenvalue weighted by atomic mass is 16.6. The van der Waals surface area contributed by atoms with Gasteiger partial charge >= 0.3 is 5.97 Å². The van der Waals surface area contributed by atoms with Crippen molar-refractivity contribution in [3.05, 3.63) is 113 Å². The van der Waals surface area contributed by atoms with Crippen LogP contribution in [0.3, 0.4) is 0 Å². The van der Waals surface area contributed by atoms with Gasteiger partial charge in [0.15, 0.2) is 5.78 Å². The van der Waals surface area contributed by atoms with E-state index >= 15 is 0 Å². The van der Waals surface area contributed by atoms with Gasteiger partial charge in [-0.25, -0.2) is 4.79 Å². The summed E-state index contributed by atoms with van der Waals surface area (Å²) in [7, 11) is 1.49. The summed E-state index contributed by atoms with van der Waals surface area (Å²) in [5.74, 6) is -0.0757. The van der Waals surface area contributed by atoms with E-state index in [1.807, 2.05) is 91.0 Å². The maximum absolute atomic E-state index is 11.9. The number of hydrogen-bond donors (Lipinski definition) is 0. The molecule has 0 fully saturated rings. The Morgan fingerprint density at radius 1 is 0.686 bits per heavy atom. The Balaban J connectivity index is 0.000000266. The predicted octanol–water partition coefficient (Wildman–Crippen LogP) is 7.50. The zero-order chi connectivity index (χ0) is 25.1. The molecule has 4 heteroatoms. The Kier molecular flexibility index (Phi) is 13.3. The van der Waals surface area contributed by atoms with Gasteiger partial charge in [-0.2, -0.15) is 0 Å². The Morgan fingerprint density at radius 3 is 1.69 bits per heavy atom. The molecule has 35 heavy (non-hydrogen) atoms. The van der Waals surface area contributed by atoms with Crippen LogP contribution in [-0.2, 0) is 14.3 Å². The molecule has 0 bridgehead atoms. The monoisotopic (exact) mass is 472 g/mol. The van der Waals surface area contributed by atoms with Crippen LogP contribution in [0.5, 0.6) is 0 Å². The topological polar surface area (TPSA) is 52.6 Å². The van der Waals surface area contributed by atoms with Crippen LogP contribution in [0.2, 0.25) is 0 Å². The van der Waals surface area contributed by atoms with Gasteiger partial charge in [0.2, 0.25) is 5.76 Å². The smallest absolute Gasteiger partial charge is 0.373 e. The highest BCUT2D eigenvalue weighted by molar-refractivity contribution is 6.08. The van der Waals surface area contributed by atoms with E-state index in [9.17, 15) is 9.59 Å². The van der Waals surface area contributed by atoms with Crippen molar-refractivity contribution in [3.8, 4) is 0 Å². The van der Waals surface area contributed by atoms with Crippen LogP contribution in [-0.4, -0.2) is 25.5 Å². The van der Waals surface area contributed by atoms with Gasteiger partial charge in [-0.05, 0) is 18.1 Å². The van der Waals surface area contributed by atoms with E-state index in [1.165, 1.54) is 32.8 Å². The molecule has 0 aliphatic carbocycles. The van der Waals surface area contributed by atoms with Gasteiger partial charge in [0, 0.05) is 11.1 Å². The van der Waals surface area contributed by atoms with Crippen molar-refractivity contribution in [2.75, 3.05) is 13.7 Å². The van der Waals surface area contributed by atoms with Gasteiger partial charge in [0.1, 0.15) is 0 Å². The second kappa shape index (κ2) is 16.9. The molecular formula is C31H36O4. The number of hydrogen-bond acceptors (Lipinski definition) is 4. The number of benzene rings is 3. The van der Waals surface area contributed by atoms with Crippen molar-refractivity contribution >= 4 is 17.8 Å². The van der Waals surface area contributed by atoms with Crippen molar-refractivity contribution in [3.63, 3.8) is 0 Å². The normalized spacial score (nSPS) is 10.6. The number of carbonyl (C=O) groups is 2. The minimum atomic E-state index is -0.394. The molecule has 0 spiro atoms. The highest BCUT2D eigenvalue weighted by Gasteiger charge is 2.11. The van der Waals surface area contributed by atoms with E-state index in [-0.39, 0.29) is 11.5 Å². The second-order valence-electron chi connectivity index (χ2n) is 8.09. The molecule has 0 atom stereocenters. The lowest BCUT2D eigenvalue weighted by Crippen LogP contribution is -2.10. The first kappa shape index (κ1) is 27.6. The molecule has 0 amide bonds. The molecule has 0 unspecified atom stereocenters. The minimum absolute atomic E-state index is 0.0752. The first-order valence-electron chi connectivity index (χ1n) is 12.3. The fourth-order valence-corrected chi connectivity index (χ4v) is 3.37. The number of carbonyl (C=O) groups excluding carboxylic acids is 2. The zero-order valence-corrected chi connectivity index (χ0v) is 20.8. The molecule has 3 aromatic carbocycles. The largest absolute Gasteiger partial charge is 0.490 e. The predicted molar refractivity (Wildman–Crippen MR) is 142 cm³/mol. The van der Waals surface area contributed by atoms with E-state index in [0.717, 1.165) is 29.5 Å². The number of methoxy groups -OCH3 is 1. The summed E-state index contributed by atoms with van der Waals surface area (Å²) in [6.07, 6.45) is 8.73. The number of esters is 1. The van der Waals surface area contributed by atoms with Crippen molar-refractivity contribution in [2.45, 2.75) is 45.4 Å². The van der Waals surface area contributed by atoms with Gasteiger partial charge in [0.05, 0.1) is 13.7 Å². The molecule has 3 rings (SSSR count). The fraction of sp³-hybridized carbons (Fsp3) is 0.290. The van der Waals surface area contributed by atoms with Crippen LogP contribution in [0.25, 0.3) is 6.08 Å². The van der Waals surface area contributed by atoms with Crippen LogP contribution >= 0.6 is 0 Å². The average molecular weight is 473 g/mol. The number of ether oxygens (including phenoxy) is 2. The fourth-order valence-electron chi connectivity index (χ4n) is 3.37. The summed E-state index contributed by atoms with van der Waals surface area (Å²) < 4.78 is 10.4. The number of unbranched alkanes of at least 4 members (excludes halogenated alkanes) is 5. The molecule has 0 aliphatic heterocycles. The molecule has 0 saturated carbocycles. The summed E-state index contributed by atoms with van der Waals surface area (Å²) in [6, 6.07) is 28.2. The molecule has 0 aliphatic rings. The van der Waals surface area contributed by atoms with Crippen molar-refractivity contribution in [2.24, 2.45) is 0 Å². The molecule has 0 heterocycles. The van der Waals surface area contributed by atoms with Gasteiger partial charge in [-0.1, -0.05) is 130 Å². The van der Waals surface area contributed by atoms with E-state index in [4.69, 9.17) is 9.47 Å². The lowest BCUT2D eigenvalue weighted by molar-refractivity contribution is -0.142. The number of rotatable bonds is 12. The highest BCUT2D eigenvalue weighted by Crippen LogP contribution is 2.11. The van der Waals surface area contributed by atoms with E-state index < -0.39 is 5.97 Å². The maximum atomic E-state index is 11.9. The van der Waals surface area contributed by atoms with Crippen molar-refractivity contribution in [1.82, 2.24) is 0 Å². The molecule has 4 nitrogen and oxygen atoms in total. The lowest BCUT2D eigenvalue weighted by Gasteiger charge is -2.07.